The summed E-state index contributed by atoms with van der Waals surface area (Å²) in [5.74, 6) is -2.61. The molecule has 1 aliphatic heterocycles. The van der Waals surface area contributed by atoms with Gasteiger partial charge in [0, 0.05) is 22.9 Å². The molecule has 0 aromatic heterocycles. The predicted molar refractivity (Wildman–Crippen MR) is 152 cm³/mol. The highest BCUT2D eigenvalue weighted by Gasteiger charge is 2.38. The van der Waals surface area contributed by atoms with Gasteiger partial charge in [0.1, 0.15) is 18.2 Å². The average Bonchev–Trinajstić information content (AvgIpc) is 3.30. The van der Waals surface area contributed by atoms with Gasteiger partial charge in [0.05, 0.1) is 0 Å². The molecule has 0 saturated carbocycles. The van der Waals surface area contributed by atoms with E-state index < -0.39 is 47.5 Å². The maximum Gasteiger partial charge on any atom is 0.408 e. The van der Waals surface area contributed by atoms with Crippen LogP contribution in [0.3, 0.4) is 0 Å². The van der Waals surface area contributed by atoms with Gasteiger partial charge in [0.25, 0.3) is 0 Å². The molecule has 10 heteroatoms. The van der Waals surface area contributed by atoms with Crippen molar-refractivity contribution in [3.63, 3.8) is 0 Å². The van der Waals surface area contributed by atoms with E-state index in [4.69, 9.17) is 16.3 Å². The van der Waals surface area contributed by atoms with Gasteiger partial charge in [-0.1, -0.05) is 81.8 Å². The zero-order chi connectivity index (χ0) is 29.4. The molecule has 216 valence electrons. The molecule has 1 heterocycles. The Balaban J connectivity index is 1.79. The third-order valence-corrected chi connectivity index (χ3v) is 7.40. The first-order valence-corrected chi connectivity index (χ1v) is 13.8. The zero-order valence-electron chi connectivity index (χ0n) is 23.3. The number of carbonyl (C=O) groups excluding carboxylic acids is 3. The number of amides is 3. The van der Waals surface area contributed by atoms with Crippen LogP contribution in [0.1, 0.15) is 64.2 Å². The van der Waals surface area contributed by atoms with Crippen molar-refractivity contribution in [1.29, 1.82) is 0 Å². The van der Waals surface area contributed by atoms with E-state index in [0.29, 0.717) is 18.0 Å². The van der Waals surface area contributed by atoms with Crippen LogP contribution in [-0.4, -0.2) is 47.6 Å². The number of carboxylic acids is 1. The predicted octanol–water partition coefficient (Wildman–Crippen LogP) is 4.60. The molecule has 40 heavy (non-hydrogen) atoms. The molecule has 9 nitrogen and oxygen atoms in total. The second-order valence-electron chi connectivity index (χ2n) is 11.2. The zero-order valence-corrected chi connectivity index (χ0v) is 24.0. The number of carbonyl (C=O) groups is 4. The van der Waals surface area contributed by atoms with Crippen LogP contribution in [0, 0.1) is 11.8 Å². The van der Waals surface area contributed by atoms with Crippen LogP contribution in [0.4, 0.5) is 4.79 Å². The summed E-state index contributed by atoms with van der Waals surface area (Å²) in [4.78, 5) is 50.4. The van der Waals surface area contributed by atoms with Gasteiger partial charge < -0.3 is 25.8 Å². The summed E-state index contributed by atoms with van der Waals surface area (Å²) in [5, 5.41) is 18.1. The van der Waals surface area contributed by atoms with Crippen molar-refractivity contribution in [2.75, 3.05) is 6.54 Å². The summed E-state index contributed by atoms with van der Waals surface area (Å²) < 4.78 is 5.99. The number of carboxylic acid groups (broad SMARTS) is 1. The minimum absolute atomic E-state index is 0.00719. The van der Waals surface area contributed by atoms with Crippen LogP contribution >= 0.6 is 11.6 Å². The standard InChI is InChI=1S/C30H38ClN3O6/c1-18(2)15-23(27(36)33-24(28(37)38)16-20-13-14-32-26(20)35)34-29(39)40-25(19-9-6-5-7-10-19)30(3,4)21-11-8-12-22(31)17-21/h5-12,17-18,20,23-25H,13-16H2,1-4H3,(H,32,35)(H,33,36)(H,34,39)(H,37,38)/t20?,23-,24-,25?/m0/s1. The lowest BCUT2D eigenvalue weighted by atomic mass is 9.76. The summed E-state index contributed by atoms with van der Waals surface area (Å²) in [6.07, 6.45) is -0.822. The van der Waals surface area contributed by atoms with Crippen LogP contribution in [0.15, 0.2) is 54.6 Å². The second kappa shape index (κ2) is 13.7. The number of hydrogen-bond acceptors (Lipinski definition) is 5. The number of aliphatic carboxylic acids is 1. The fraction of sp³-hybridized carbons (Fsp3) is 0.467. The van der Waals surface area contributed by atoms with Crippen molar-refractivity contribution in [1.82, 2.24) is 16.0 Å². The molecule has 4 atom stereocenters. The van der Waals surface area contributed by atoms with Crippen LogP contribution in [-0.2, 0) is 24.5 Å². The molecular weight excluding hydrogens is 534 g/mol. The van der Waals surface area contributed by atoms with Gasteiger partial charge in [-0.05, 0) is 48.4 Å². The molecule has 3 amide bonds. The van der Waals surface area contributed by atoms with Gasteiger partial charge in [0.2, 0.25) is 11.8 Å². The Kier molecular flexibility index (Phi) is 10.6. The molecule has 0 bridgehead atoms. The lowest BCUT2D eigenvalue weighted by Crippen LogP contribution is -2.53. The summed E-state index contributed by atoms with van der Waals surface area (Å²) in [7, 11) is 0. The van der Waals surface area contributed by atoms with E-state index in [0.717, 1.165) is 11.1 Å². The lowest BCUT2D eigenvalue weighted by molar-refractivity contribution is -0.143. The van der Waals surface area contributed by atoms with Crippen LogP contribution in [0.2, 0.25) is 5.02 Å². The van der Waals surface area contributed by atoms with E-state index in [-0.39, 0.29) is 24.7 Å². The van der Waals surface area contributed by atoms with Crippen molar-refractivity contribution in [3.05, 3.63) is 70.7 Å². The monoisotopic (exact) mass is 571 g/mol. The Labute approximate surface area is 240 Å². The average molecular weight is 572 g/mol. The van der Waals surface area contributed by atoms with Crippen LogP contribution in [0.25, 0.3) is 0 Å². The highest BCUT2D eigenvalue weighted by Crippen LogP contribution is 2.40. The molecule has 1 fully saturated rings. The highest BCUT2D eigenvalue weighted by atomic mass is 35.5. The van der Waals surface area contributed by atoms with Crippen molar-refractivity contribution >= 4 is 35.5 Å². The molecule has 2 unspecified atom stereocenters. The summed E-state index contributed by atoms with van der Waals surface area (Å²) in [5.41, 5.74) is 0.919. The lowest BCUT2D eigenvalue weighted by Gasteiger charge is -2.35. The minimum atomic E-state index is -1.27. The smallest absolute Gasteiger partial charge is 0.408 e. The topological polar surface area (TPSA) is 134 Å². The van der Waals surface area contributed by atoms with Crippen LogP contribution in [0.5, 0.6) is 0 Å². The molecule has 2 aromatic rings. The van der Waals surface area contributed by atoms with Gasteiger partial charge in [-0.25, -0.2) is 9.59 Å². The largest absolute Gasteiger partial charge is 0.480 e. The fourth-order valence-corrected chi connectivity index (χ4v) is 5.13. The van der Waals surface area contributed by atoms with E-state index in [1.165, 1.54) is 0 Å². The molecular formula is C30H38ClN3O6. The maximum atomic E-state index is 13.3. The minimum Gasteiger partial charge on any atom is -0.480 e. The number of benzene rings is 2. The molecule has 0 spiro atoms. The summed E-state index contributed by atoms with van der Waals surface area (Å²) in [6, 6.07) is 14.3. The van der Waals surface area contributed by atoms with Gasteiger partial charge in [-0.2, -0.15) is 0 Å². The molecule has 2 aromatic carbocycles. The number of ether oxygens (including phenoxy) is 1. The van der Waals surface area contributed by atoms with Crippen molar-refractivity contribution in [2.24, 2.45) is 11.8 Å². The van der Waals surface area contributed by atoms with E-state index in [9.17, 15) is 24.3 Å². The molecule has 0 aliphatic carbocycles. The van der Waals surface area contributed by atoms with Crippen LogP contribution < -0.4 is 16.0 Å². The van der Waals surface area contributed by atoms with E-state index in [2.05, 4.69) is 16.0 Å². The van der Waals surface area contributed by atoms with Crippen molar-refractivity contribution in [2.45, 2.75) is 70.6 Å². The number of rotatable bonds is 12. The number of nitrogens with one attached hydrogen (secondary N) is 3. The van der Waals surface area contributed by atoms with Gasteiger partial charge in [-0.15, -0.1) is 0 Å². The van der Waals surface area contributed by atoms with Crippen molar-refractivity contribution < 1.29 is 29.0 Å². The van der Waals surface area contributed by atoms with Crippen molar-refractivity contribution in [3.8, 4) is 0 Å². The first-order chi connectivity index (χ1) is 18.9. The van der Waals surface area contributed by atoms with E-state index >= 15 is 0 Å². The maximum absolute atomic E-state index is 13.3. The first-order valence-electron chi connectivity index (χ1n) is 13.5. The number of alkyl carbamates (subject to hydrolysis) is 1. The fourth-order valence-electron chi connectivity index (χ4n) is 4.93. The summed E-state index contributed by atoms with van der Waals surface area (Å²) >= 11 is 6.26. The third kappa shape index (κ3) is 8.21. The molecule has 0 radical (unpaired) electrons. The quantitative estimate of drug-likeness (QED) is 0.294. The Morgan fingerprint density at radius 3 is 2.35 bits per heavy atom. The molecule has 1 saturated heterocycles. The Morgan fingerprint density at radius 2 is 1.77 bits per heavy atom. The number of hydrogen-bond donors (Lipinski definition) is 4. The first kappa shape index (κ1) is 30.9. The molecule has 4 N–H and O–H groups in total. The van der Waals surface area contributed by atoms with Gasteiger partial charge in [0.15, 0.2) is 0 Å². The van der Waals surface area contributed by atoms with E-state index in [1.54, 1.807) is 6.07 Å². The summed E-state index contributed by atoms with van der Waals surface area (Å²) in [6.45, 7) is 8.14. The number of halogens is 1. The SMILES string of the molecule is CC(C)C[C@H](NC(=O)OC(c1ccccc1)C(C)(C)c1cccc(Cl)c1)C(=O)N[C@@H](CC1CCNC1=O)C(=O)O. The second-order valence-corrected chi connectivity index (χ2v) is 11.6. The molecule has 1 aliphatic rings. The Hall–Kier alpha value is -3.59. The third-order valence-electron chi connectivity index (χ3n) is 7.16. The normalized spacial score (nSPS) is 17.4. The van der Waals surface area contributed by atoms with Gasteiger partial charge >= 0.3 is 12.1 Å². The Morgan fingerprint density at radius 1 is 1.07 bits per heavy atom. The molecule has 3 rings (SSSR count). The van der Waals surface area contributed by atoms with E-state index in [1.807, 2.05) is 76.2 Å². The highest BCUT2D eigenvalue weighted by molar-refractivity contribution is 6.30. The Bertz CT molecular complexity index is 1200. The van der Waals surface area contributed by atoms with Gasteiger partial charge in [-0.3, -0.25) is 9.59 Å².